The van der Waals surface area contributed by atoms with Crippen molar-refractivity contribution in [1.29, 1.82) is 0 Å². The number of rotatable bonds is 5. The molecule has 0 spiro atoms. The number of carbonyl (C=O) groups excluding carboxylic acids is 2. The number of nitro benzene ring substituents is 1. The predicted molar refractivity (Wildman–Crippen MR) is 134 cm³/mol. The van der Waals surface area contributed by atoms with Crippen molar-refractivity contribution in [3.8, 4) is 0 Å². The normalized spacial score (nSPS) is 14.6. The Morgan fingerprint density at radius 3 is 2.14 bits per heavy atom. The lowest BCUT2D eigenvalue weighted by Crippen LogP contribution is -2.32. The van der Waals surface area contributed by atoms with Crippen LogP contribution in [0.4, 0.5) is 22.7 Å². The first-order chi connectivity index (χ1) is 17.0. The summed E-state index contributed by atoms with van der Waals surface area (Å²) >= 11 is 1.57. The summed E-state index contributed by atoms with van der Waals surface area (Å²) in [5.41, 5.74) is 1.85. The van der Waals surface area contributed by atoms with E-state index in [2.05, 4.69) is 0 Å². The van der Waals surface area contributed by atoms with Crippen molar-refractivity contribution in [2.45, 2.75) is 29.1 Å². The molecule has 2 aliphatic heterocycles. The van der Waals surface area contributed by atoms with Crippen LogP contribution in [-0.2, 0) is 9.53 Å². The van der Waals surface area contributed by atoms with Crippen LogP contribution in [0.3, 0.4) is 0 Å². The van der Waals surface area contributed by atoms with Crippen molar-refractivity contribution in [1.82, 2.24) is 0 Å². The second kappa shape index (κ2) is 9.79. The maximum atomic E-state index is 13.2. The number of ether oxygens (including phenoxy) is 1. The van der Waals surface area contributed by atoms with Gasteiger partial charge in [0.15, 0.2) is 6.61 Å². The van der Waals surface area contributed by atoms with Crippen LogP contribution in [-0.4, -0.2) is 36.5 Å². The van der Waals surface area contributed by atoms with E-state index in [1.807, 2.05) is 53.4 Å². The number of benzene rings is 3. The van der Waals surface area contributed by atoms with Crippen LogP contribution in [0.1, 0.15) is 29.6 Å². The van der Waals surface area contributed by atoms with Gasteiger partial charge in [-0.1, -0.05) is 36.0 Å². The van der Waals surface area contributed by atoms with E-state index in [-0.39, 0.29) is 11.3 Å². The number of anilines is 3. The molecule has 2 heterocycles. The molecule has 3 aromatic carbocycles. The first-order valence-corrected chi connectivity index (χ1v) is 12.2. The first-order valence-electron chi connectivity index (χ1n) is 11.4. The lowest BCUT2D eigenvalue weighted by atomic mass is 10.1. The number of carbonyl (C=O) groups is 2. The number of hydrogen-bond acceptors (Lipinski definition) is 7. The summed E-state index contributed by atoms with van der Waals surface area (Å²) in [4.78, 5) is 42.6. The van der Waals surface area contributed by atoms with E-state index in [1.54, 1.807) is 22.7 Å². The van der Waals surface area contributed by atoms with Crippen LogP contribution in [0.2, 0.25) is 0 Å². The third-order valence-corrected chi connectivity index (χ3v) is 7.24. The van der Waals surface area contributed by atoms with E-state index in [9.17, 15) is 19.7 Å². The summed E-state index contributed by atoms with van der Waals surface area (Å²) in [5, 5.41) is 11.7. The Hall–Kier alpha value is -3.85. The maximum absolute atomic E-state index is 13.2. The Morgan fingerprint density at radius 2 is 1.51 bits per heavy atom. The molecule has 1 amide bonds. The molecule has 0 aliphatic carbocycles. The number of piperidine rings is 1. The van der Waals surface area contributed by atoms with E-state index in [4.69, 9.17) is 4.74 Å². The maximum Gasteiger partial charge on any atom is 0.338 e. The highest BCUT2D eigenvalue weighted by molar-refractivity contribution is 7.99. The molecule has 0 saturated carbocycles. The molecule has 3 aromatic rings. The lowest BCUT2D eigenvalue weighted by Gasteiger charge is -2.30. The zero-order valence-corrected chi connectivity index (χ0v) is 19.7. The van der Waals surface area contributed by atoms with Crippen molar-refractivity contribution >= 4 is 46.4 Å². The molecular weight excluding hydrogens is 466 g/mol. The zero-order chi connectivity index (χ0) is 24.4. The number of esters is 1. The third kappa shape index (κ3) is 4.59. The monoisotopic (exact) mass is 489 g/mol. The molecule has 9 heteroatoms. The number of nitrogens with zero attached hydrogens (tertiary/aromatic N) is 3. The molecule has 0 aromatic heterocycles. The van der Waals surface area contributed by atoms with Gasteiger partial charge in [-0.15, -0.1) is 0 Å². The van der Waals surface area contributed by atoms with E-state index in [1.165, 1.54) is 12.1 Å². The molecular formula is C26H23N3O5S. The topological polar surface area (TPSA) is 93.0 Å². The summed E-state index contributed by atoms with van der Waals surface area (Å²) in [6.45, 7) is 1.00. The van der Waals surface area contributed by atoms with Gasteiger partial charge in [0.1, 0.15) is 5.69 Å². The average Bonchev–Trinajstić information content (AvgIpc) is 2.90. The smallest absolute Gasteiger partial charge is 0.338 e. The SMILES string of the molecule is O=C(OCC(=O)N1c2ccccc2Sc2ccccc21)c1ccc(N2CCCCC2)c([N+](=O)[O-])c1. The zero-order valence-electron chi connectivity index (χ0n) is 18.9. The first kappa shape index (κ1) is 22.9. The van der Waals surface area contributed by atoms with Gasteiger partial charge in [0.2, 0.25) is 0 Å². The van der Waals surface area contributed by atoms with Crippen molar-refractivity contribution in [3.05, 3.63) is 82.4 Å². The molecule has 178 valence electrons. The highest BCUT2D eigenvalue weighted by Crippen LogP contribution is 2.47. The number of hydrogen-bond donors (Lipinski definition) is 0. The Morgan fingerprint density at radius 1 is 0.886 bits per heavy atom. The molecule has 2 aliphatic rings. The molecule has 0 radical (unpaired) electrons. The highest BCUT2D eigenvalue weighted by Gasteiger charge is 2.29. The minimum Gasteiger partial charge on any atom is -0.452 e. The van der Waals surface area contributed by atoms with Crippen LogP contribution in [0, 0.1) is 10.1 Å². The number of para-hydroxylation sites is 2. The fraction of sp³-hybridized carbons (Fsp3) is 0.231. The molecule has 1 saturated heterocycles. The van der Waals surface area contributed by atoms with Gasteiger partial charge in [-0.3, -0.25) is 19.8 Å². The second-order valence-corrected chi connectivity index (χ2v) is 9.43. The standard InChI is InChI=1S/C26H23N3O5S/c30-25(28-20-8-2-4-10-23(20)35-24-11-5-3-9-21(24)28)17-34-26(31)18-12-13-19(22(16-18)29(32)33)27-14-6-1-7-15-27/h2-5,8-13,16H,1,6-7,14-15,17H2. The molecule has 1 fully saturated rings. The minimum atomic E-state index is -0.778. The summed E-state index contributed by atoms with van der Waals surface area (Å²) < 4.78 is 5.32. The quantitative estimate of drug-likeness (QED) is 0.263. The molecule has 0 bridgehead atoms. The Kier molecular flexibility index (Phi) is 6.41. The second-order valence-electron chi connectivity index (χ2n) is 8.35. The molecule has 0 N–H and O–H groups in total. The Bertz CT molecular complexity index is 1260. The van der Waals surface area contributed by atoms with Gasteiger partial charge in [-0.05, 0) is 55.7 Å². The van der Waals surface area contributed by atoms with Crippen molar-refractivity contribution in [3.63, 3.8) is 0 Å². The summed E-state index contributed by atoms with van der Waals surface area (Å²) in [6.07, 6.45) is 3.06. The summed E-state index contributed by atoms with van der Waals surface area (Å²) in [6, 6.07) is 19.4. The van der Waals surface area contributed by atoms with Crippen molar-refractivity contribution < 1.29 is 19.2 Å². The van der Waals surface area contributed by atoms with Crippen molar-refractivity contribution in [2.24, 2.45) is 0 Å². The van der Waals surface area contributed by atoms with E-state index in [0.717, 1.165) is 53.5 Å². The largest absolute Gasteiger partial charge is 0.452 e. The van der Waals surface area contributed by atoms with Gasteiger partial charge in [0.05, 0.1) is 21.9 Å². The van der Waals surface area contributed by atoms with E-state index in [0.29, 0.717) is 5.69 Å². The van der Waals surface area contributed by atoms with Gasteiger partial charge < -0.3 is 9.64 Å². The summed E-state index contributed by atoms with van der Waals surface area (Å²) in [7, 11) is 0. The van der Waals surface area contributed by atoms with Gasteiger partial charge >= 0.3 is 5.97 Å². The Labute approximate surface area is 206 Å². The van der Waals surface area contributed by atoms with Gasteiger partial charge in [-0.2, -0.15) is 0 Å². The highest BCUT2D eigenvalue weighted by atomic mass is 32.2. The van der Waals surface area contributed by atoms with Crippen LogP contribution >= 0.6 is 11.8 Å². The van der Waals surface area contributed by atoms with Crippen LogP contribution in [0.15, 0.2) is 76.5 Å². The fourth-order valence-corrected chi connectivity index (χ4v) is 5.51. The molecule has 35 heavy (non-hydrogen) atoms. The van der Waals surface area contributed by atoms with Crippen LogP contribution in [0.5, 0.6) is 0 Å². The van der Waals surface area contributed by atoms with E-state index >= 15 is 0 Å². The third-order valence-electron chi connectivity index (χ3n) is 6.11. The summed E-state index contributed by atoms with van der Waals surface area (Å²) in [5.74, 6) is -1.18. The van der Waals surface area contributed by atoms with Crippen LogP contribution in [0.25, 0.3) is 0 Å². The molecule has 0 unspecified atom stereocenters. The fourth-order valence-electron chi connectivity index (χ4n) is 4.45. The molecule has 0 atom stereocenters. The Balaban J connectivity index is 1.34. The number of nitro groups is 1. The van der Waals surface area contributed by atoms with Gasteiger partial charge in [-0.25, -0.2) is 4.79 Å². The lowest BCUT2D eigenvalue weighted by molar-refractivity contribution is -0.384. The number of amides is 1. The van der Waals surface area contributed by atoms with Gasteiger partial charge in [0.25, 0.3) is 11.6 Å². The average molecular weight is 490 g/mol. The van der Waals surface area contributed by atoms with E-state index < -0.39 is 23.4 Å². The van der Waals surface area contributed by atoms with Crippen molar-refractivity contribution in [2.75, 3.05) is 29.5 Å². The van der Waals surface area contributed by atoms with Gasteiger partial charge in [0, 0.05) is 28.9 Å². The van der Waals surface area contributed by atoms with Crippen LogP contribution < -0.4 is 9.80 Å². The molecule has 5 rings (SSSR count). The number of fused-ring (bicyclic) bond motifs is 2. The minimum absolute atomic E-state index is 0.0419. The molecule has 8 nitrogen and oxygen atoms in total. The predicted octanol–water partition coefficient (Wildman–Crippen LogP) is 5.57.